The van der Waals surface area contributed by atoms with Gasteiger partial charge in [-0.05, 0) is 49.4 Å². The van der Waals surface area contributed by atoms with E-state index in [1.165, 1.54) is 6.07 Å². The first-order valence-electron chi connectivity index (χ1n) is 11.4. The summed E-state index contributed by atoms with van der Waals surface area (Å²) in [6.45, 7) is 3.07. The monoisotopic (exact) mass is 446 g/mol. The molecule has 0 N–H and O–H groups in total. The minimum atomic E-state index is -0.136. The van der Waals surface area contributed by atoms with Crippen LogP contribution in [0.5, 0.6) is 0 Å². The van der Waals surface area contributed by atoms with Gasteiger partial charge in [0.15, 0.2) is 0 Å². The molecule has 0 aliphatic carbocycles. The fourth-order valence-electron chi connectivity index (χ4n) is 4.36. The Morgan fingerprint density at radius 2 is 2.00 bits per heavy atom. The van der Waals surface area contributed by atoms with Crippen LogP contribution in [0.3, 0.4) is 0 Å². The highest BCUT2D eigenvalue weighted by molar-refractivity contribution is 5.78. The molecule has 0 spiro atoms. The summed E-state index contributed by atoms with van der Waals surface area (Å²) in [5, 5.41) is 0. The van der Waals surface area contributed by atoms with E-state index in [0.717, 1.165) is 41.6 Å². The van der Waals surface area contributed by atoms with Crippen molar-refractivity contribution in [2.45, 2.75) is 45.2 Å². The van der Waals surface area contributed by atoms with Gasteiger partial charge in [0.05, 0.1) is 11.7 Å². The first-order valence-corrected chi connectivity index (χ1v) is 11.4. The van der Waals surface area contributed by atoms with Gasteiger partial charge in [-0.15, -0.1) is 0 Å². The number of aryl methyl sites for hydroxylation is 2. The van der Waals surface area contributed by atoms with Crippen LogP contribution in [0, 0.1) is 6.92 Å². The highest BCUT2D eigenvalue weighted by Crippen LogP contribution is 2.37. The first-order chi connectivity index (χ1) is 16.0. The lowest BCUT2D eigenvalue weighted by Gasteiger charge is -2.36. The predicted octanol–water partition coefficient (Wildman–Crippen LogP) is 3.22. The second-order valence-corrected chi connectivity index (χ2v) is 8.63. The molecule has 0 aromatic carbocycles. The first kappa shape index (κ1) is 22.6. The van der Waals surface area contributed by atoms with Crippen molar-refractivity contribution in [3.63, 3.8) is 0 Å². The van der Waals surface area contributed by atoms with Gasteiger partial charge in [-0.25, -0.2) is 9.97 Å². The number of nitrogens with zero attached hydrogens (tertiary/aromatic N) is 6. The number of likely N-dealkylation sites (tertiary alicyclic amines) is 1. The van der Waals surface area contributed by atoms with Crippen LogP contribution in [0.25, 0.3) is 11.1 Å². The molecule has 8 nitrogen and oxygen atoms in total. The van der Waals surface area contributed by atoms with Crippen molar-refractivity contribution >= 4 is 11.9 Å². The van der Waals surface area contributed by atoms with Gasteiger partial charge < -0.3 is 14.4 Å². The number of piperidine rings is 1. The number of hydrogen-bond donors (Lipinski definition) is 0. The molecule has 8 heteroatoms. The number of hydrogen-bond acceptors (Lipinski definition) is 6. The second-order valence-electron chi connectivity index (χ2n) is 8.63. The van der Waals surface area contributed by atoms with Gasteiger partial charge in [0.1, 0.15) is 0 Å². The van der Waals surface area contributed by atoms with E-state index >= 15 is 0 Å². The zero-order valence-corrected chi connectivity index (χ0v) is 19.4. The Bertz CT molecular complexity index is 1190. The van der Waals surface area contributed by atoms with Crippen molar-refractivity contribution < 1.29 is 4.79 Å². The lowest BCUT2D eigenvalue weighted by Crippen LogP contribution is -2.40. The SMILES string of the molecule is Cc1cnccc1-c1cnc(N(C)C)nc1[C@H]1CCCCN1C(=O)CCn1ccccc1=O. The van der Waals surface area contributed by atoms with Crippen molar-refractivity contribution in [2.75, 3.05) is 25.5 Å². The average molecular weight is 447 g/mol. The third kappa shape index (κ3) is 4.94. The zero-order valence-electron chi connectivity index (χ0n) is 19.4. The number of anilines is 1. The van der Waals surface area contributed by atoms with Crippen LogP contribution < -0.4 is 10.5 Å². The average Bonchev–Trinajstić information content (AvgIpc) is 2.83. The third-order valence-electron chi connectivity index (χ3n) is 6.12. The molecule has 4 heterocycles. The Morgan fingerprint density at radius 1 is 1.15 bits per heavy atom. The number of carbonyl (C=O) groups is 1. The normalized spacial score (nSPS) is 16.0. The molecule has 4 rings (SSSR count). The summed E-state index contributed by atoms with van der Waals surface area (Å²) < 4.78 is 1.58. The van der Waals surface area contributed by atoms with Gasteiger partial charge in [-0.1, -0.05) is 6.07 Å². The van der Waals surface area contributed by atoms with E-state index in [2.05, 4.69) is 9.97 Å². The summed E-state index contributed by atoms with van der Waals surface area (Å²) >= 11 is 0. The Morgan fingerprint density at radius 3 is 2.76 bits per heavy atom. The standard InChI is InChI=1S/C25H30N6O2/c1-18-16-26-12-10-19(18)20-17-27-25(29(2)3)28-24(20)21-8-4-7-14-31(21)23(33)11-15-30-13-6-5-9-22(30)32/h5-6,9-10,12-13,16-17,21H,4,7-8,11,14-15H2,1-3H3/t21-/m1/s1. The summed E-state index contributed by atoms with van der Waals surface area (Å²) in [6.07, 6.45) is 10.3. The van der Waals surface area contributed by atoms with Crippen molar-refractivity contribution in [3.8, 4) is 11.1 Å². The maximum absolute atomic E-state index is 13.3. The number of carbonyl (C=O) groups excluding carboxylic acids is 1. The summed E-state index contributed by atoms with van der Waals surface area (Å²) in [6, 6.07) is 6.87. The molecule has 3 aromatic heterocycles. The molecule has 1 aliphatic heterocycles. The fraction of sp³-hybridized carbons (Fsp3) is 0.400. The molecule has 0 saturated carbocycles. The lowest BCUT2D eigenvalue weighted by molar-refractivity contribution is -0.135. The minimum Gasteiger partial charge on any atom is -0.347 e. The predicted molar refractivity (Wildman–Crippen MR) is 128 cm³/mol. The van der Waals surface area contributed by atoms with E-state index in [-0.39, 0.29) is 23.9 Å². The van der Waals surface area contributed by atoms with Crippen LogP contribution in [0.15, 0.2) is 53.8 Å². The largest absolute Gasteiger partial charge is 0.347 e. The summed E-state index contributed by atoms with van der Waals surface area (Å²) in [5.74, 6) is 0.659. The minimum absolute atomic E-state index is 0.0397. The number of pyridine rings is 2. The highest BCUT2D eigenvalue weighted by atomic mass is 16.2. The molecule has 1 saturated heterocycles. The van der Waals surface area contributed by atoms with Crippen LogP contribution in [-0.4, -0.2) is 51.0 Å². The molecule has 1 fully saturated rings. The molecule has 33 heavy (non-hydrogen) atoms. The van der Waals surface area contributed by atoms with Gasteiger partial charge in [-0.2, -0.15) is 0 Å². The molecule has 0 unspecified atom stereocenters. The molecule has 1 aliphatic rings. The van der Waals surface area contributed by atoms with Crippen molar-refractivity contribution in [2.24, 2.45) is 0 Å². The van der Waals surface area contributed by atoms with E-state index in [1.807, 2.05) is 55.3 Å². The van der Waals surface area contributed by atoms with Gasteiger partial charge in [0, 0.05) is 70.0 Å². The van der Waals surface area contributed by atoms with E-state index in [0.29, 0.717) is 19.0 Å². The number of amides is 1. The Balaban J connectivity index is 1.68. The quantitative estimate of drug-likeness (QED) is 0.578. The Labute approximate surface area is 193 Å². The van der Waals surface area contributed by atoms with Crippen LogP contribution in [0.1, 0.15) is 43.0 Å². The second kappa shape index (κ2) is 9.94. The lowest BCUT2D eigenvalue weighted by atomic mass is 9.92. The molecule has 172 valence electrons. The van der Waals surface area contributed by atoms with E-state index < -0.39 is 0 Å². The maximum Gasteiger partial charge on any atom is 0.250 e. The van der Waals surface area contributed by atoms with Crippen LogP contribution in [0.4, 0.5) is 5.95 Å². The van der Waals surface area contributed by atoms with Crippen molar-refractivity contribution in [1.29, 1.82) is 0 Å². The van der Waals surface area contributed by atoms with Gasteiger partial charge in [0.25, 0.3) is 5.56 Å². The van der Waals surface area contributed by atoms with E-state index in [4.69, 9.17) is 4.98 Å². The van der Waals surface area contributed by atoms with Gasteiger partial charge >= 0.3 is 0 Å². The molecule has 1 amide bonds. The summed E-state index contributed by atoms with van der Waals surface area (Å²) in [4.78, 5) is 42.9. The smallest absolute Gasteiger partial charge is 0.250 e. The van der Waals surface area contributed by atoms with E-state index in [1.54, 1.807) is 23.0 Å². The molecular formula is C25H30N6O2. The molecule has 0 bridgehead atoms. The van der Waals surface area contributed by atoms with Crippen LogP contribution in [-0.2, 0) is 11.3 Å². The van der Waals surface area contributed by atoms with Gasteiger partial charge in [0.2, 0.25) is 11.9 Å². The number of rotatable bonds is 6. The van der Waals surface area contributed by atoms with E-state index in [9.17, 15) is 9.59 Å². The summed E-state index contributed by atoms with van der Waals surface area (Å²) in [7, 11) is 3.83. The van der Waals surface area contributed by atoms with Crippen LogP contribution in [0.2, 0.25) is 0 Å². The maximum atomic E-state index is 13.3. The van der Waals surface area contributed by atoms with Crippen molar-refractivity contribution in [3.05, 3.63) is 70.7 Å². The van der Waals surface area contributed by atoms with Crippen LogP contribution >= 0.6 is 0 Å². The topological polar surface area (TPSA) is 84.2 Å². The third-order valence-corrected chi connectivity index (χ3v) is 6.12. The molecule has 3 aromatic rings. The Hall–Kier alpha value is -3.55. The molecule has 0 radical (unpaired) electrons. The van der Waals surface area contributed by atoms with Crippen molar-refractivity contribution in [1.82, 2.24) is 24.4 Å². The molecule has 1 atom stereocenters. The van der Waals surface area contributed by atoms with Gasteiger partial charge in [-0.3, -0.25) is 14.6 Å². The fourth-order valence-corrected chi connectivity index (χ4v) is 4.36. The molecular weight excluding hydrogens is 416 g/mol. The Kier molecular flexibility index (Phi) is 6.82. The highest BCUT2D eigenvalue weighted by Gasteiger charge is 2.31. The number of aromatic nitrogens is 4. The zero-order chi connectivity index (χ0) is 23.4. The summed E-state index contributed by atoms with van der Waals surface area (Å²) in [5.41, 5.74) is 3.77.